The standard InChI is InChI=1S/C9H10O2S/c10-6-7-2-1-4-11-8-3-5-12-9(7)8/h3,5-7H,1-2,4H2. The Hall–Kier alpha value is -0.830. The summed E-state index contributed by atoms with van der Waals surface area (Å²) in [6.45, 7) is 0.744. The zero-order valence-electron chi connectivity index (χ0n) is 6.66. The highest BCUT2D eigenvalue weighted by Gasteiger charge is 2.19. The van der Waals surface area contributed by atoms with Crippen LogP contribution in [-0.4, -0.2) is 12.9 Å². The van der Waals surface area contributed by atoms with E-state index in [0.717, 1.165) is 36.4 Å². The number of thiophene rings is 1. The first kappa shape index (κ1) is 7.80. The van der Waals surface area contributed by atoms with E-state index >= 15 is 0 Å². The minimum Gasteiger partial charge on any atom is -0.492 e. The van der Waals surface area contributed by atoms with Gasteiger partial charge in [-0.2, -0.15) is 0 Å². The Labute approximate surface area is 75.2 Å². The quantitative estimate of drug-likeness (QED) is 0.622. The maximum atomic E-state index is 10.7. The van der Waals surface area contributed by atoms with Gasteiger partial charge in [0.15, 0.2) is 0 Å². The molecule has 3 heteroatoms. The number of hydrogen-bond acceptors (Lipinski definition) is 3. The summed E-state index contributed by atoms with van der Waals surface area (Å²) in [6, 6.07) is 1.95. The number of aldehydes is 1. The molecule has 12 heavy (non-hydrogen) atoms. The van der Waals surface area contributed by atoms with Crippen molar-refractivity contribution in [2.75, 3.05) is 6.61 Å². The lowest BCUT2D eigenvalue weighted by Crippen LogP contribution is -1.95. The fourth-order valence-electron chi connectivity index (χ4n) is 1.45. The average Bonchev–Trinajstić information content (AvgIpc) is 2.46. The van der Waals surface area contributed by atoms with Gasteiger partial charge in [-0.05, 0) is 24.3 Å². The molecule has 2 heterocycles. The van der Waals surface area contributed by atoms with Crippen LogP contribution < -0.4 is 4.74 Å². The van der Waals surface area contributed by atoms with Crippen molar-refractivity contribution in [2.45, 2.75) is 18.8 Å². The summed E-state index contributed by atoms with van der Waals surface area (Å²) >= 11 is 1.62. The summed E-state index contributed by atoms with van der Waals surface area (Å²) in [5, 5.41) is 1.98. The first-order valence-electron chi connectivity index (χ1n) is 4.07. The summed E-state index contributed by atoms with van der Waals surface area (Å²) < 4.78 is 5.47. The maximum Gasteiger partial charge on any atom is 0.133 e. The van der Waals surface area contributed by atoms with E-state index in [1.165, 1.54) is 0 Å². The topological polar surface area (TPSA) is 26.3 Å². The van der Waals surface area contributed by atoms with Gasteiger partial charge >= 0.3 is 0 Å². The molecule has 0 amide bonds. The van der Waals surface area contributed by atoms with E-state index in [0.29, 0.717) is 0 Å². The molecule has 2 nitrogen and oxygen atoms in total. The molecule has 0 aromatic carbocycles. The third-order valence-corrected chi connectivity index (χ3v) is 3.11. The Morgan fingerprint density at radius 2 is 2.58 bits per heavy atom. The largest absolute Gasteiger partial charge is 0.492 e. The van der Waals surface area contributed by atoms with Crippen LogP contribution in [0.4, 0.5) is 0 Å². The smallest absolute Gasteiger partial charge is 0.133 e. The number of ether oxygens (including phenoxy) is 1. The van der Waals surface area contributed by atoms with E-state index in [-0.39, 0.29) is 5.92 Å². The van der Waals surface area contributed by atoms with Crippen LogP contribution in [0.3, 0.4) is 0 Å². The second-order valence-electron chi connectivity index (χ2n) is 2.88. The highest BCUT2D eigenvalue weighted by Crippen LogP contribution is 2.35. The van der Waals surface area contributed by atoms with Crippen molar-refractivity contribution in [3.05, 3.63) is 16.3 Å². The molecule has 0 radical (unpaired) electrons. The molecule has 0 spiro atoms. The number of hydrogen-bond donors (Lipinski definition) is 0. The predicted molar refractivity (Wildman–Crippen MR) is 47.9 cm³/mol. The van der Waals surface area contributed by atoms with Gasteiger partial charge in [0.2, 0.25) is 0 Å². The predicted octanol–water partition coefficient (Wildman–Crippen LogP) is 2.20. The lowest BCUT2D eigenvalue weighted by Gasteiger charge is -2.03. The zero-order valence-corrected chi connectivity index (χ0v) is 7.47. The first-order chi connectivity index (χ1) is 5.92. The lowest BCUT2D eigenvalue weighted by atomic mass is 10.0. The second-order valence-corrected chi connectivity index (χ2v) is 3.83. The fraction of sp³-hybridized carbons (Fsp3) is 0.444. The Bertz CT molecular complexity index is 280. The minimum absolute atomic E-state index is 0.0718. The van der Waals surface area contributed by atoms with Crippen molar-refractivity contribution in [2.24, 2.45) is 0 Å². The molecular weight excluding hydrogens is 172 g/mol. The van der Waals surface area contributed by atoms with E-state index in [9.17, 15) is 4.79 Å². The van der Waals surface area contributed by atoms with Gasteiger partial charge in [-0.3, -0.25) is 0 Å². The number of carbonyl (C=O) groups excluding carboxylic acids is 1. The van der Waals surface area contributed by atoms with E-state index in [1.807, 2.05) is 11.4 Å². The van der Waals surface area contributed by atoms with Gasteiger partial charge in [-0.15, -0.1) is 11.3 Å². The summed E-state index contributed by atoms with van der Waals surface area (Å²) in [5.74, 6) is 0.983. The monoisotopic (exact) mass is 182 g/mol. The molecule has 0 saturated carbocycles. The SMILES string of the molecule is O=CC1CCCOc2ccsc21. The molecule has 0 bridgehead atoms. The van der Waals surface area contributed by atoms with E-state index in [2.05, 4.69) is 0 Å². The van der Waals surface area contributed by atoms with E-state index < -0.39 is 0 Å². The van der Waals surface area contributed by atoms with Crippen LogP contribution in [0, 0.1) is 0 Å². The summed E-state index contributed by atoms with van der Waals surface area (Å²) in [6.07, 6.45) is 2.94. The molecule has 1 aromatic heterocycles. The molecule has 0 aliphatic carbocycles. The Morgan fingerprint density at radius 3 is 3.42 bits per heavy atom. The summed E-state index contributed by atoms with van der Waals surface area (Å²) in [5.41, 5.74) is 0. The fourth-order valence-corrected chi connectivity index (χ4v) is 2.37. The third kappa shape index (κ3) is 1.25. The van der Waals surface area contributed by atoms with Gasteiger partial charge in [0, 0.05) is 0 Å². The van der Waals surface area contributed by atoms with Crippen molar-refractivity contribution in [1.29, 1.82) is 0 Å². The van der Waals surface area contributed by atoms with Crippen LogP contribution in [0.25, 0.3) is 0 Å². The van der Waals surface area contributed by atoms with Crippen LogP contribution in [-0.2, 0) is 4.79 Å². The second kappa shape index (κ2) is 3.27. The number of rotatable bonds is 1. The van der Waals surface area contributed by atoms with Crippen molar-refractivity contribution in [3.63, 3.8) is 0 Å². The van der Waals surface area contributed by atoms with Crippen molar-refractivity contribution < 1.29 is 9.53 Å². The third-order valence-electron chi connectivity index (χ3n) is 2.08. The minimum atomic E-state index is 0.0718. The molecular formula is C9H10O2S. The van der Waals surface area contributed by atoms with Gasteiger partial charge in [-0.25, -0.2) is 0 Å². The molecule has 1 atom stereocenters. The highest BCUT2D eigenvalue weighted by molar-refractivity contribution is 7.10. The molecule has 64 valence electrons. The van der Waals surface area contributed by atoms with Gasteiger partial charge in [0.1, 0.15) is 12.0 Å². The molecule has 0 fully saturated rings. The molecule has 1 aromatic rings. The van der Waals surface area contributed by atoms with Gasteiger partial charge in [-0.1, -0.05) is 0 Å². The van der Waals surface area contributed by atoms with Crippen LogP contribution in [0.1, 0.15) is 23.6 Å². The van der Waals surface area contributed by atoms with Crippen LogP contribution >= 0.6 is 11.3 Å². The first-order valence-corrected chi connectivity index (χ1v) is 4.95. The zero-order chi connectivity index (χ0) is 8.39. The summed E-state index contributed by atoms with van der Waals surface area (Å²) in [7, 11) is 0. The lowest BCUT2D eigenvalue weighted by molar-refractivity contribution is -0.109. The average molecular weight is 182 g/mol. The van der Waals surface area contributed by atoms with E-state index in [1.54, 1.807) is 11.3 Å². The van der Waals surface area contributed by atoms with Crippen molar-refractivity contribution in [1.82, 2.24) is 0 Å². The van der Waals surface area contributed by atoms with Gasteiger partial charge < -0.3 is 9.53 Å². The van der Waals surface area contributed by atoms with Crippen LogP contribution in [0.15, 0.2) is 11.4 Å². The van der Waals surface area contributed by atoms with Gasteiger partial charge in [0.25, 0.3) is 0 Å². The van der Waals surface area contributed by atoms with Crippen molar-refractivity contribution in [3.8, 4) is 5.75 Å². The molecule has 2 rings (SSSR count). The number of carbonyl (C=O) groups is 1. The molecule has 0 N–H and O–H groups in total. The molecule has 1 aliphatic rings. The number of fused-ring (bicyclic) bond motifs is 1. The Kier molecular flexibility index (Phi) is 2.13. The van der Waals surface area contributed by atoms with E-state index in [4.69, 9.17) is 4.74 Å². The van der Waals surface area contributed by atoms with Crippen LogP contribution in [0.5, 0.6) is 5.75 Å². The Balaban J connectivity index is 2.35. The maximum absolute atomic E-state index is 10.7. The Morgan fingerprint density at radius 1 is 1.67 bits per heavy atom. The molecule has 1 aliphatic heterocycles. The molecule has 1 unspecified atom stereocenters. The normalized spacial score (nSPS) is 22.2. The highest BCUT2D eigenvalue weighted by atomic mass is 32.1. The summed E-state index contributed by atoms with van der Waals surface area (Å²) in [4.78, 5) is 11.8. The molecule has 0 saturated heterocycles. The van der Waals surface area contributed by atoms with Crippen molar-refractivity contribution >= 4 is 17.6 Å². The van der Waals surface area contributed by atoms with Crippen LogP contribution in [0.2, 0.25) is 0 Å². The van der Waals surface area contributed by atoms with Gasteiger partial charge in [0.05, 0.1) is 17.4 Å².